The lowest BCUT2D eigenvalue weighted by Crippen LogP contribution is -2.48. The van der Waals surface area contributed by atoms with Crippen molar-refractivity contribution in [2.45, 2.75) is 22.4 Å². The molecule has 2 aromatic rings. The van der Waals surface area contributed by atoms with E-state index in [1.54, 1.807) is 6.07 Å². The van der Waals surface area contributed by atoms with Crippen LogP contribution in [0, 0.1) is 0 Å². The Hall–Kier alpha value is -1.36. The van der Waals surface area contributed by atoms with Gasteiger partial charge in [0.1, 0.15) is 0 Å². The van der Waals surface area contributed by atoms with Crippen LogP contribution in [0.15, 0.2) is 52.3 Å². The quantitative estimate of drug-likeness (QED) is 0.492. The van der Waals surface area contributed by atoms with Gasteiger partial charge in [-0.2, -0.15) is 13.2 Å². The summed E-state index contributed by atoms with van der Waals surface area (Å²) in [6.07, 6.45) is -3.58. The molecule has 5 nitrogen and oxygen atoms in total. The van der Waals surface area contributed by atoms with Gasteiger partial charge < -0.3 is 14.9 Å². The number of para-hydroxylation sites is 1. The summed E-state index contributed by atoms with van der Waals surface area (Å²) in [6.45, 7) is 4.53. The summed E-state index contributed by atoms with van der Waals surface area (Å²) in [5, 5.41) is 8.91. The molecule has 2 aromatic carbocycles. The lowest BCUT2D eigenvalue weighted by molar-refractivity contribution is -0.139. The maximum Gasteiger partial charge on any atom is 0.416 e. The zero-order chi connectivity index (χ0) is 22.0. The third kappa shape index (κ3) is 7.32. The van der Waals surface area contributed by atoms with Gasteiger partial charge in [-0.15, -0.1) is 37.2 Å². The van der Waals surface area contributed by atoms with Gasteiger partial charge in [0, 0.05) is 42.5 Å². The van der Waals surface area contributed by atoms with Gasteiger partial charge in [-0.05, 0) is 43.3 Å². The summed E-state index contributed by atoms with van der Waals surface area (Å²) in [6, 6.07) is 11.8. The van der Waals surface area contributed by atoms with Crippen LogP contribution in [0.25, 0.3) is 0 Å². The number of carbonyl (C=O) groups is 1. The highest BCUT2D eigenvalue weighted by Crippen LogP contribution is 2.49. The second-order valence-corrected chi connectivity index (χ2v) is 8.85. The van der Waals surface area contributed by atoms with Crippen LogP contribution < -0.4 is 4.90 Å². The minimum Gasteiger partial charge on any atom is -0.480 e. The molecule has 0 bridgehead atoms. The predicted molar refractivity (Wildman–Crippen MR) is 136 cm³/mol. The molecule has 2 aliphatic rings. The van der Waals surface area contributed by atoms with Crippen LogP contribution in [0.1, 0.15) is 12.0 Å². The van der Waals surface area contributed by atoms with Crippen molar-refractivity contribution in [3.8, 4) is 0 Å². The number of hydrogen-bond acceptors (Lipinski definition) is 5. The molecule has 0 aromatic heterocycles. The molecule has 190 valence electrons. The van der Waals surface area contributed by atoms with Gasteiger partial charge in [0.2, 0.25) is 0 Å². The first kappa shape index (κ1) is 30.7. The lowest BCUT2D eigenvalue weighted by atomic mass is 10.1. The van der Waals surface area contributed by atoms with E-state index in [4.69, 9.17) is 5.11 Å². The zero-order valence-corrected chi connectivity index (χ0v) is 21.4. The number of rotatable bonds is 6. The fourth-order valence-electron chi connectivity index (χ4n) is 4.06. The minimum atomic E-state index is -4.38. The molecule has 1 saturated heterocycles. The Morgan fingerprint density at radius 2 is 1.50 bits per heavy atom. The predicted octanol–water partition coefficient (Wildman–Crippen LogP) is 5.67. The van der Waals surface area contributed by atoms with E-state index in [9.17, 15) is 18.0 Å². The number of alkyl halides is 3. The molecule has 0 amide bonds. The van der Waals surface area contributed by atoms with E-state index in [-0.39, 0.29) is 43.8 Å². The fraction of sp³-hybridized carbons (Fsp3) is 0.409. The van der Waals surface area contributed by atoms with Gasteiger partial charge >= 0.3 is 12.1 Å². The molecule has 0 radical (unpaired) electrons. The number of fused-ring (bicyclic) bond motifs is 2. The fourth-order valence-corrected chi connectivity index (χ4v) is 5.14. The molecule has 2 aliphatic heterocycles. The maximum absolute atomic E-state index is 13.3. The van der Waals surface area contributed by atoms with Gasteiger partial charge in [-0.25, -0.2) is 0 Å². The van der Waals surface area contributed by atoms with Crippen molar-refractivity contribution < 1.29 is 23.1 Å². The Bertz CT molecular complexity index is 960. The second kappa shape index (κ2) is 13.1. The van der Waals surface area contributed by atoms with E-state index in [0.29, 0.717) is 25.3 Å². The average Bonchev–Trinajstić information content (AvgIpc) is 2.73. The Morgan fingerprint density at radius 1 is 0.882 bits per heavy atom. The smallest absolute Gasteiger partial charge is 0.416 e. The number of nitrogens with zero attached hydrogens (tertiary/aromatic N) is 3. The number of anilines is 2. The van der Waals surface area contributed by atoms with Crippen LogP contribution in [0.2, 0.25) is 0 Å². The van der Waals surface area contributed by atoms with Crippen molar-refractivity contribution in [3.63, 3.8) is 0 Å². The number of benzene rings is 2. The molecule has 1 fully saturated rings. The van der Waals surface area contributed by atoms with Gasteiger partial charge in [-0.1, -0.05) is 23.9 Å². The van der Waals surface area contributed by atoms with Gasteiger partial charge in [0.25, 0.3) is 0 Å². The highest BCUT2D eigenvalue weighted by Gasteiger charge is 2.33. The molecule has 34 heavy (non-hydrogen) atoms. The molecule has 0 saturated carbocycles. The van der Waals surface area contributed by atoms with Crippen LogP contribution in [0.3, 0.4) is 0 Å². The van der Waals surface area contributed by atoms with Crippen molar-refractivity contribution in [1.82, 2.24) is 9.80 Å². The van der Waals surface area contributed by atoms with E-state index < -0.39 is 17.7 Å². The first-order chi connectivity index (χ1) is 14.8. The molecule has 2 heterocycles. The Labute approximate surface area is 219 Å². The standard InChI is InChI=1S/C22H24F3N3O2S.3ClH/c23-22(24,25)16-6-7-20-18(14-16)28(17-4-1-2-5-19(17)31-20)9-3-8-26-10-12-27(13-11-26)15-21(29)30;;;/h1-2,4-7,14H,3,8-13,15H2,(H,29,30);3*1H. The van der Waals surface area contributed by atoms with Crippen molar-refractivity contribution in [3.05, 3.63) is 48.0 Å². The lowest BCUT2D eigenvalue weighted by Gasteiger charge is -2.36. The van der Waals surface area contributed by atoms with E-state index in [2.05, 4.69) is 4.90 Å². The van der Waals surface area contributed by atoms with Crippen LogP contribution in [-0.4, -0.2) is 66.7 Å². The summed E-state index contributed by atoms with van der Waals surface area (Å²) < 4.78 is 39.9. The number of hydrogen-bond donors (Lipinski definition) is 1. The number of carboxylic acids is 1. The second-order valence-electron chi connectivity index (χ2n) is 7.77. The first-order valence-corrected chi connectivity index (χ1v) is 11.0. The third-order valence-electron chi connectivity index (χ3n) is 5.63. The molecule has 0 atom stereocenters. The molecule has 0 unspecified atom stereocenters. The van der Waals surface area contributed by atoms with Gasteiger partial charge in [0.05, 0.1) is 23.5 Å². The van der Waals surface area contributed by atoms with Gasteiger partial charge in [0.15, 0.2) is 0 Å². The largest absolute Gasteiger partial charge is 0.480 e. The summed E-state index contributed by atoms with van der Waals surface area (Å²) in [4.78, 5) is 18.9. The SMILES string of the molecule is Cl.Cl.Cl.O=C(O)CN1CCN(CCCN2c3ccccc3Sc3ccc(C(F)(F)F)cc32)CC1. The van der Waals surface area contributed by atoms with E-state index >= 15 is 0 Å². The van der Waals surface area contributed by atoms with Crippen molar-refractivity contribution in [2.24, 2.45) is 0 Å². The highest BCUT2D eigenvalue weighted by molar-refractivity contribution is 7.99. The van der Waals surface area contributed by atoms with E-state index in [1.807, 2.05) is 34.1 Å². The number of carboxylic acid groups (broad SMARTS) is 1. The summed E-state index contributed by atoms with van der Waals surface area (Å²) in [7, 11) is 0. The molecule has 4 rings (SSSR count). The Kier molecular flexibility index (Phi) is 11.8. The van der Waals surface area contributed by atoms with Gasteiger partial charge in [-0.3, -0.25) is 9.69 Å². The molecule has 0 aliphatic carbocycles. The topological polar surface area (TPSA) is 47.0 Å². The number of aliphatic carboxylic acids is 1. The average molecular weight is 561 g/mol. The number of halogens is 6. The summed E-state index contributed by atoms with van der Waals surface area (Å²) >= 11 is 1.50. The van der Waals surface area contributed by atoms with Crippen LogP contribution >= 0.6 is 49.0 Å². The molecule has 12 heteroatoms. The van der Waals surface area contributed by atoms with E-state index in [1.165, 1.54) is 17.8 Å². The monoisotopic (exact) mass is 559 g/mol. The Balaban J connectivity index is 0.00000193. The zero-order valence-electron chi connectivity index (χ0n) is 18.2. The first-order valence-electron chi connectivity index (χ1n) is 10.2. The summed E-state index contributed by atoms with van der Waals surface area (Å²) in [5.74, 6) is -0.813. The highest BCUT2D eigenvalue weighted by atomic mass is 35.5. The van der Waals surface area contributed by atoms with E-state index in [0.717, 1.165) is 47.6 Å². The van der Waals surface area contributed by atoms with Crippen molar-refractivity contribution in [1.29, 1.82) is 0 Å². The normalized spacial score (nSPS) is 15.8. The Morgan fingerprint density at radius 3 is 2.15 bits per heavy atom. The maximum atomic E-state index is 13.3. The third-order valence-corrected chi connectivity index (χ3v) is 6.76. The van der Waals surface area contributed by atoms with Crippen LogP contribution in [-0.2, 0) is 11.0 Å². The molecular weight excluding hydrogens is 534 g/mol. The molecule has 0 spiro atoms. The molecule has 1 N–H and O–H groups in total. The summed E-state index contributed by atoms with van der Waals surface area (Å²) in [5.41, 5.74) is 0.904. The van der Waals surface area contributed by atoms with Crippen molar-refractivity contribution in [2.75, 3.05) is 50.7 Å². The molecular formula is C22H27Cl3F3N3O2S. The minimum absolute atomic E-state index is 0. The van der Waals surface area contributed by atoms with Crippen LogP contribution in [0.5, 0.6) is 0 Å². The van der Waals surface area contributed by atoms with Crippen molar-refractivity contribution >= 4 is 66.3 Å². The number of piperazine rings is 1. The van der Waals surface area contributed by atoms with Crippen LogP contribution in [0.4, 0.5) is 24.5 Å².